The van der Waals surface area contributed by atoms with Crippen molar-refractivity contribution in [2.24, 2.45) is 10.8 Å². The molecule has 1 unspecified atom stereocenters. The summed E-state index contributed by atoms with van der Waals surface area (Å²) in [7, 11) is 0. The second-order valence-electron chi connectivity index (χ2n) is 5.85. The van der Waals surface area contributed by atoms with Crippen LogP contribution in [0, 0.1) is 10.8 Å². The number of Topliss-reactive ketones (excluding diaryl/α,β-unsaturated/α-hetero) is 1. The summed E-state index contributed by atoms with van der Waals surface area (Å²) < 4.78 is 0. The number of hydrogen-bond acceptors (Lipinski definition) is 2. The summed E-state index contributed by atoms with van der Waals surface area (Å²) >= 11 is 0. The number of aliphatic hydroxyl groups is 1. The van der Waals surface area contributed by atoms with E-state index in [1.54, 1.807) is 13.8 Å². The monoisotopic (exact) mass is 202 g/mol. The largest absolute Gasteiger partial charge is 0.393 e. The molecule has 0 aliphatic rings. The molecule has 0 aliphatic heterocycles. The van der Waals surface area contributed by atoms with E-state index in [9.17, 15) is 4.79 Å². The molecule has 0 fully saturated rings. The Morgan fingerprint density at radius 2 is 1.21 bits per heavy atom. The minimum atomic E-state index is -0.201. The Hall–Kier alpha value is -0.370. The molecule has 2 heteroatoms. The van der Waals surface area contributed by atoms with Crippen molar-refractivity contribution >= 4 is 5.78 Å². The van der Waals surface area contributed by atoms with Crippen LogP contribution in [0.25, 0.3) is 0 Å². The molecule has 0 aromatic rings. The van der Waals surface area contributed by atoms with Crippen LogP contribution in [0.5, 0.6) is 0 Å². The van der Waals surface area contributed by atoms with Crippen LogP contribution in [0.3, 0.4) is 0 Å². The molecular formula is C12H26O2. The third kappa shape index (κ3) is 9.72. The van der Waals surface area contributed by atoms with Gasteiger partial charge in [0.1, 0.15) is 5.78 Å². The van der Waals surface area contributed by atoms with Crippen molar-refractivity contribution in [1.29, 1.82) is 0 Å². The van der Waals surface area contributed by atoms with E-state index >= 15 is 0 Å². The quantitative estimate of drug-likeness (QED) is 0.655. The highest BCUT2D eigenvalue weighted by Crippen LogP contribution is 2.17. The van der Waals surface area contributed by atoms with Crippen molar-refractivity contribution in [1.82, 2.24) is 0 Å². The molecule has 14 heavy (non-hydrogen) atoms. The number of carbonyl (C=O) groups excluding carboxylic acids is 1. The molecule has 0 aliphatic carbocycles. The Morgan fingerprint density at radius 3 is 1.21 bits per heavy atom. The van der Waals surface area contributed by atoms with E-state index in [2.05, 4.69) is 0 Å². The van der Waals surface area contributed by atoms with Crippen LogP contribution in [-0.4, -0.2) is 17.0 Å². The predicted octanol–water partition coefficient (Wildman–Crippen LogP) is 3.03. The minimum Gasteiger partial charge on any atom is -0.393 e. The second kappa shape index (κ2) is 5.50. The zero-order valence-electron chi connectivity index (χ0n) is 10.9. The van der Waals surface area contributed by atoms with Gasteiger partial charge in [0.05, 0.1) is 6.10 Å². The highest BCUT2D eigenvalue weighted by molar-refractivity contribution is 5.80. The molecule has 0 amide bonds. The highest BCUT2D eigenvalue weighted by atomic mass is 16.3. The first-order chi connectivity index (χ1) is 5.89. The molecule has 0 saturated heterocycles. The summed E-state index contributed by atoms with van der Waals surface area (Å²) in [6.07, 6.45) is -0.201. The SMILES string of the molecule is CC(=O)C(C)(C)C.CC(O)C(C)(C)C. The number of carbonyl (C=O) groups is 1. The predicted molar refractivity (Wildman–Crippen MR) is 61.3 cm³/mol. The fraction of sp³-hybridized carbons (Fsp3) is 0.917. The summed E-state index contributed by atoms with van der Waals surface area (Å²) in [4.78, 5) is 10.5. The Bertz CT molecular complexity index is 168. The lowest BCUT2D eigenvalue weighted by Crippen LogP contribution is -2.21. The lowest BCUT2D eigenvalue weighted by molar-refractivity contribution is -0.124. The maximum absolute atomic E-state index is 10.5. The normalized spacial score (nSPS) is 14.1. The van der Waals surface area contributed by atoms with Crippen molar-refractivity contribution < 1.29 is 9.90 Å². The molecule has 86 valence electrons. The lowest BCUT2D eigenvalue weighted by Gasteiger charge is -2.21. The Labute approximate surface area is 88.7 Å². The zero-order valence-corrected chi connectivity index (χ0v) is 10.9. The third-order valence-corrected chi connectivity index (χ3v) is 2.31. The zero-order chi connectivity index (χ0) is 12.2. The maximum atomic E-state index is 10.5. The number of aliphatic hydroxyl groups excluding tert-OH is 1. The Kier molecular flexibility index (Phi) is 6.31. The standard InChI is InChI=1S/C6H14O.C6H12O/c2*1-5(7)6(2,3)4/h5,7H,1-4H3;1-4H3. The molecule has 0 heterocycles. The van der Waals surface area contributed by atoms with Crippen LogP contribution in [0.1, 0.15) is 55.4 Å². The number of rotatable bonds is 0. The first kappa shape index (κ1) is 16.1. The van der Waals surface area contributed by atoms with Crippen molar-refractivity contribution in [2.75, 3.05) is 0 Å². The van der Waals surface area contributed by atoms with E-state index < -0.39 is 0 Å². The third-order valence-electron chi connectivity index (χ3n) is 2.31. The summed E-state index contributed by atoms with van der Waals surface area (Å²) in [5, 5.41) is 8.89. The van der Waals surface area contributed by atoms with Crippen LogP contribution >= 0.6 is 0 Å². The first-order valence-corrected chi connectivity index (χ1v) is 5.08. The Balaban J connectivity index is 0. The van der Waals surface area contributed by atoms with Gasteiger partial charge in [-0.3, -0.25) is 4.79 Å². The topological polar surface area (TPSA) is 37.3 Å². The van der Waals surface area contributed by atoms with Crippen LogP contribution in [0.15, 0.2) is 0 Å². The number of ketones is 1. The average molecular weight is 202 g/mol. The Morgan fingerprint density at radius 1 is 1.07 bits per heavy atom. The van der Waals surface area contributed by atoms with Gasteiger partial charge in [0.2, 0.25) is 0 Å². The van der Waals surface area contributed by atoms with Gasteiger partial charge in [-0.15, -0.1) is 0 Å². The average Bonchev–Trinajstić information content (AvgIpc) is 1.83. The van der Waals surface area contributed by atoms with Crippen molar-refractivity contribution in [3.05, 3.63) is 0 Å². The molecule has 0 saturated carbocycles. The van der Waals surface area contributed by atoms with Crippen LogP contribution in [0.4, 0.5) is 0 Å². The number of hydrogen-bond donors (Lipinski definition) is 1. The highest BCUT2D eigenvalue weighted by Gasteiger charge is 2.16. The second-order valence-corrected chi connectivity index (χ2v) is 5.85. The van der Waals surface area contributed by atoms with Gasteiger partial charge in [-0.25, -0.2) is 0 Å². The lowest BCUT2D eigenvalue weighted by atomic mass is 9.91. The molecule has 0 aromatic carbocycles. The summed E-state index contributed by atoms with van der Waals surface area (Å²) in [5.41, 5.74) is -0.0833. The molecule has 0 spiro atoms. The van der Waals surface area contributed by atoms with Crippen molar-refractivity contribution in [2.45, 2.75) is 61.5 Å². The minimum absolute atomic E-state index is 0.0556. The molecular weight excluding hydrogens is 176 g/mol. The van der Waals surface area contributed by atoms with Gasteiger partial charge in [-0.05, 0) is 19.3 Å². The summed E-state index contributed by atoms with van der Waals surface area (Å²) in [5.74, 6) is 0.243. The molecule has 0 aromatic heterocycles. The first-order valence-electron chi connectivity index (χ1n) is 5.08. The van der Waals surface area contributed by atoms with Crippen LogP contribution in [-0.2, 0) is 4.79 Å². The maximum Gasteiger partial charge on any atom is 0.135 e. The van der Waals surface area contributed by atoms with Crippen LogP contribution in [0.2, 0.25) is 0 Å². The van der Waals surface area contributed by atoms with Gasteiger partial charge in [0.15, 0.2) is 0 Å². The molecule has 0 rings (SSSR count). The fourth-order valence-corrected chi connectivity index (χ4v) is 0. The van der Waals surface area contributed by atoms with E-state index in [-0.39, 0.29) is 22.7 Å². The van der Waals surface area contributed by atoms with Crippen LogP contribution < -0.4 is 0 Å². The van der Waals surface area contributed by atoms with Gasteiger partial charge in [0.25, 0.3) is 0 Å². The molecule has 2 nitrogen and oxygen atoms in total. The van der Waals surface area contributed by atoms with Gasteiger partial charge >= 0.3 is 0 Å². The smallest absolute Gasteiger partial charge is 0.135 e. The summed E-state index contributed by atoms with van der Waals surface area (Å²) in [6, 6.07) is 0. The van der Waals surface area contributed by atoms with Gasteiger partial charge in [-0.1, -0.05) is 41.5 Å². The van der Waals surface area contributed by atoms with Crippen molar-refractivity contribution in [3.8, 4) is 0 Å². The fourth-order valence-electron chi connectivity index (χ4n) is 0. The van der Waals surface area contributed by atoms with Gasteiger partial charge in [-0.2, -0.15) is 0 Å². The molecule has 0 radical (unpaired) electrons. The van der Waals surface area contributed by atoms with E-state index in [1.165, 1.54) is 0 Å². The van der Waals surface area contributed by atoms with Gasteiger partial charge in [0, 0.05) is 5.41 Å². The van der Waals surface area contributed by atoms with E-state index in [0.717, 1.165) is 0 Å². The summed E-state index contributed by atoms with van der Waals surface area (Å²) in [6.45, 7) is 15.2. The van der Waals surface area contributed by atoms with E-state index in [0.29, 0.717) is 0 Å². The van der Waals surface area contributed by atoms with E-state index in [1.807, 2.05) is 41.5 Å². The van der Waals surface area contributed by atoms with Crippen molar-refractivity contribution in [3.63, 3.8) is 0 Å². The van der Waals surface area contributed by atoms with Gasteiger partial charge < -0.3 is 5.11 Å². The van der Waals surface area contributed by atoms with E-state index in [4.69, 9.17) is 5.11 Å². The molecule has 1 atom stereocenters. The molecule has 1 N–H and O–H groups in total. The molecule has 0 bridgehead atoms.